The second-order valence-corrected chi connectivity index (χ2v) is 3.26. The fourth-order valence-corrected chi connectivity index (χ4v) is 1.57. The standard InChI is InChI=1S/C11H10N2O3/c14-5-8-7(2-4-10(15)16)1-3-9-11(8)13-6-12-9/h1-4,6,14H,5H2,(H,12,13)(H,15,16)/b4-2+. The number of carbonyl (C=O) groups is 1. The van der Waals surface area contributed by atoms with Gasteiger partial charge in [-0.25, -0.2) is 9.78 Å². The number of aliphatic carboxylic acids is 1. The summed E-state index contributed by atoms with van der Waals surface area (Å²) in [7, 11) is 0. The van der Waals surface area contributed by atoms with Crippen molar-refractivity contribution < 1.29 is 15.0 Å². The Morgan fingerprint density at radius 1 is 1.50 bits per heavy atom. The number of aliphatic hydroxyl groups excluding tert-OH is 1. The van der Waals surface area contributed by atoms with Crippen LogP contribution in [0.3, 0.4) is 0 Å². The van der Waals surface area contributed by atoms with Crippen LogP contribution in [0.2, 0.25) is 0 Å². The van der Waals surface area contributed by atoms with Crippen molar-refractivity contribution in [3.05, 3.63) is 35.7 Å². The van der Waals surface area contributed by atoms with Crippen molar-refractivity contribution in [1.29, 1.82) is 0 Å². The van der Waals surface area contributed by atoms with Gasteiger partial charge in [0.05, 0.1) is 24.0 Å². The molecule has 0 aliphatic heterocycles. The van der Waals surface area contributed by atoms with Crippen LogP contribution in [0.25, 0.3) is 17.1 Å². The monoisotopic (exact) mass is 218 g/mol. The zero-order chi connectivity index (χ0) is 11.5. The molecule has 0 aliphatic rings. The highest BCUT2D eigenvalue weighted by Gasteiger charge is 2.06. The Balaban J connectivity index is 2.56. The van der Waals surface area contributed by atoms with Crippen molar-refractivity contribution in [3.63, 3.8) is 0 Å². The summed E-state index contributed by atoms with van der Waals surface area (Å²) in [5, 5.41) is 17.8. The number of hydrogen-bond donors (Lipinski definition) is 3. The first-order chi connectivity index (χ1) is 7.72. The van der Waals surface area contributed by atoms with Gasteiger partial charge in [0.25, 0.3) is 0 Å². The van der Waals surface area contributed by atoms with Crippen molar-refractivity contribution in [2.45, 2.75) is 6.61 Å². The number of nitrogens with one attached hydrogen (secondary N) is 1. The summed E-state index contributed by atoms with van der Waals surface area (Å²) < 4.78 is 0. The predicted octanol–water partition coefficient (Wildman–Crippen LogP) is 1.15. The number of benzene rings is 1. The molecule has 0 unspecified atom stereocenters. The third-order valence-electron chi connectivity index (χ3n) is 2.30. The number of rotatable bonds is 3. The Labute approximate surface area is 91.1 Å². The van der Waals surface area contributed by atoms with E-state index in [2.05, 4.69) is 9.97 Å². The molecule has 1 aromatic heterocycles. The molecule has 0 aliphatic carbocycles. The van der Waals surface area contributed by atoms with Crippen molar-refractivity contribution in [3.8, 4) is 0 Å². The van der Waals surface area contributed by atoms with Crippen LogP contribution in [-0.2, 0) is 11.4 Å². The Bertz CT molecular complexity index is 557. The van der Waals surface area contributed by atoms with Gasteiger partial charge in [0.1, 0.15) is 0 Å². The molecule has 82 valence electrons. The van der Waals surface area contributed by atoms with Gasteiger partial charge in [0, 0.05) is 11.6 Å². The number of aliphatic hydroxyl groups is 1. The largest absolute Gasteiger partial charge is 0.478 e. The minimum atomic E-state index is -1.02. The molecule has 1 heterocycles. The molecular formula is C11H10N2O3. The Morgan fingerprint density at radius 2 is 2.31 bits per heavy atom. The summed E-state index contributed by atoms with van der Waals surface area (Å²) in [5.41, 5.74) is 2.76. The molecule has 3 N–H and O–H groups in total. The highest BCUT2D eigenvalue weighted by molar-refractivity contribution is 5.88. The van der Waals surface area contributed by atoms with Gasteiger partial charge in [0.15, 0.2) is 0 Å². The van der Waals surface area contributed by atoms with E-state index in [9.17, 15) is 9.90 Å². The predicted molar refractivity (Wildman–Crippen MR) is 58.7 cm³/mol. The normalized spacial score (nSPS) is 11.3. The van der Waals surface area contributed by atoms with Gasteiger partial charge >= 0.3 is 5.97 Å². The zero-order valence-corrected chi connectivity index (χ0v) is 8.34. The van der Waals surface area contributed by atoms with Crippen LogP contribution in [0.4, 0.5) is 0 Å². The lowest BCUT2D eigenvalue weighted by Crippen LogP contribution is -1.92. The van der Waals surface area contributed by atoms with Crippen LogP contribution in [0.5, 0.6) is 0 Å². The number of fused-ring (bicyclic) bond motifs is 1. The lowest BCUT2D eigenvalue weighted by Gasteiger charge is -2.03. The maximum atomic E-state index is 10.4. The topological polar surface area (TPSA) is 86.2 Å². The lowest BCUT2D eigenvalue weighted by molar-refractivity contribution is -0.131. The maximum absolute atomic E-state index is 10.4. The summed E-state index contributed by atoms with van der Waals surface area (Å²) in [5.74, 6) is -1.02. The molecule has 0 bridgehead atoms. The van der Waals surface area contributed by atoms with E-state index in [1.807, 2.05) is 0 Å². The van der Waals surface area contributed by atoms with Crippen LogP contribution in [0.15, 0.2) is 24.5 Å². The average Bonchev–Trinajstić information content (AvgIpc) is 2.73. The van der Waals surface area contributed by atoms with Gasteiger partial charge in [-0.15, -0.1) is 0 Å². The fourth-order valence-electron chi connectivity index (χ4n) is 1.57. The fraction of sp³-hybridized carbons (Fsp3) is 0.0909. The van der Waals surface area contributed by atoms with Crippen LogP contribution in [0, 0.1) is 0 Å². The summed E-state index contributed by atoms with van der Waals surface area (Å²) in [6.07, 6.45) is 4.02. The molecule has 0 amide bonds. The van der Waals surface area contributed by atoms with E-state index in [1.54, 1.807) is 12.1 Å². The minimum absolute atomic E-state index is 0.179. The second-order valence-electron chi connectivity index (χ2n) is 3.26. The number of imidazole rings is 1. The molecule has 16 heavy (non-hydrogen) atoms. The van der Waals surface area contributed by atoms with Gasteiger partial charge in [0.2, 0.25) is 0 Å². The molecule has 5 nitrogen and oxygen atoms in total. The van der Waals surface area contributed by atoms with Gasteiger partial charge in [-0.05, 0) is 17.7 Å². The van der Waals surface area contributed by atoms with Gasteiger partial charge in [-0.1, -0.05) is 6.07 Å². The second kappa shape index (κ2) is 4.16. The van der Waals surface area contributed by atoms with Crippen LogP contribution < -0.4 is 0 Å². The third-order valence-corrected chi connectivity index (χ3v) is 2.30. The smallest absolute Gasteiger partial charge is 0.328 e. The molecule has 0 spiro atoms. The quantitative estimate of drug-likeness (QED) is 0.674. The van der Waals surface area contributed by atoms with Crippen molar-refractivity contribution >= 4 is 23.1 Å². The van der Waals surface area contributed by atoms with Gasteiger partial charge < -0.3 is 15.2 Å². The molecule has 2 aromatic rings. The van der Waals surface area contributed by atoms with Crippen molar-refractivity contribution in [2.75, 3.05) is 0 Å². The van der Waals surface area contributed by atoms with E-state index in [0.717, 1.165) is 11.6 Å². The molecule has 0 atom stereocenters. The average molecular weight is 218 g/mol. The van der Waals surface area contributed by atoms with Crippen molar-refractivity contribution in [2.24, 2.45) is 0 Å². The van der Waals surface area contributed by atoms with E-state index >= 15 is 0 Å². The number of carboxylic acid groups (broad SMARTS) is 1. The summed E-state index contributed by atoms with van der Waals surface area (Å²) >= 11 is 0. The maximum Gasteiger partial charge on any atom is 0.328 e. The highest BCUT2D eigenvalue weighted by Crippen LogP contribution is 2.20. The SMILES string of the molecule is O=C(O)/C=C/c1ccc2[nH]cnc2c1CO. The highest BCUT2D eigenvalue weighted by atomic mass is 16.4. The van der Waals surface area contributed by atoms with Gasteiger partial charge in [-0.3, -0.25) is 0 Å². The number of nitrogens with zero attached hydrogens (tertiary/aromatic N) is 1. The van der Waals surface area contributed by atoms with E-state index in [0.29, 0.717) is 16.6 Å². The molecular weight excluding hydrogens is 208 g/mol. The number of H-pyrrole nitrogens is 1. The van der Waals surface area contributed by atoms with E-state index < -0.39 is 5.97 Å². The first-order valence-electron chi connectivity index (χ1n) is 4.69. The molecule has 2 rings (SSSR count). The van der Waals surface area contributed by atoms with Crippen LogP contribution in [-0.4, -0.2) is 26.2 Å². The molecule has 0 saturated heterocycles. The summed E-state index contributed by atoms with van der Waals surface area (Å²) in [4.78, 5) is 17.4. The summed E-state index contributed by atoms with van der Waals surface area (Å²) in [6.45, 7) is -0.179. The molecule has 1 aromatic carbocycles. The van der Waals surface area contributed by atoms with Crippen LogP contribution >= 0.6 is 0 Å². The number of hydrogen-bond acceptors (Lipinski definition) is 3. The van der Waals surface area contributed by atoms with E-state index in [1.165, 1.54) is 12.4 Å². The third kappa shape index (κ3) is 1.80. The zero-order valence-electron chi connectivity index (χ0n) is 8.34. The minimum Gasteiger partial charge on any atom is -0.478 e. The molecule has 0 radical (unpaired) electrons. The summed E-state index contributed by atoms with van der Waals surface area (Å²) in [6, 6.07) is 3.54. The Hall–Kier alpha value is -2.14. The number of aromatic nitrogens is 2. The molecule has 0 fully saturated rings. The number of carboxylic acids is 1. The van der Waals surface area contributed by atoms with Crippen molar-refractivity contribution in [1.82, 2.24) is 9.97 Å². The first-order valence-corrected chi connectivity index (χ1v) is 4.69. The lowest BCUT2D eigenvalue weighted by atomic mass is 10.1. The van der Waals surface area contributed by atoms with E-state index in [4.69, 9.17) is 5.11 Å². The van der Waals surface area contributed by atoms with Gasteiger partial charge in [-0.2, -0.15) is 0 Å². The number of aromatic amines is 1. The Kier molecular flexibility index (Phi) is 2.70. The van der Waals surface area contributed by atoms with E-state index in [-0.39, 0.29) is 6.61 Å². The first kappa shape index (κ1) is 10.4. The Morgan fingerprint density at radius 3 is 3.00 bits per heavy atom. The van der Waals surface area contributed by atoms with Crippen LogP contribution in [0.1, 0.15) is 11.1 Å². The molecule has 0 saturated carbocycles. The molecule has 5 heteroatoms.